The molecule has 3 unspecified atom stereocenters. The topological polar surface area (TPSA) is 64.0 Å². The van der Waals surface area contributed by atoms with Crippen molar-refractivity contribution in [3.63, 3.8) is 0 Å². The van der Waals surface area contributed by atoms with Crippen LogP contribution in [0.4, 0.5) is 10.1 Å². The summed E-state index contributed by atoms with van der Waals surface area (Å²) in [6.45, 7) is 5.56. The summed E-state index contributed by atoms with van der Waals surface area (Å²) in [5, 5.41) is 22.0. The molecule has 0 bridgehead atoms. The van der Waals surface area contributed by atoms with Crippen molar-refractivity contribution in [1.82, 2.24) is 4.90 Å². The van der Waals surface area contributed by atoms with Crippen LogP contribution in [0, 0.1) is 5.82 Å². The fraction of sp³-hybridized carbons (Fsp3) is 0.480. The van der Waals surface area contributed by atoms with Crippen LogP contribution in [-0.2, 0) is 16.8 Å². The number of carbonyl (C=O) groups is 1. The summed E-state index contributed by atoms with van der Waals surface area (Å²) < 4.78 is 13.3. The number of aliphatic hydroxyl groups excluding tert-OH is 1. The molecule has 166 valence electrons. The number of nitrogens with zero attached hydrogens (tertiary/aromatic N) is 2. The van der Waals surface area contributed by atoms with Crippen LogP contribution in [0.1, 0.15) is 55.9 Å². The second kappa shape index (κ2) is 8.69. The summed E-state index contributed by atoms with van der Waals surface area (Å²) in [6.07, 6.45) is 2.12. The molecule has 2 aromatic carbocycles. The Hall–Kier alpha value is -2.28. The maximum Gasteiger partial charge on any atom is 0.224 e. The van der Waals surface area contributed by atoms with Gasteiger partial charge in [-0.3, -0.25) is 4.79 Å². The molecule has 2 aliphatic rings. The first-order valence-electron chi connectivity index (χ1n) is 11.1. The van der Waals surface area contributed by atoms with Gasteiger partial charge in [0.05, 0.1) is 11.7 Å². The van der Waals surface area contributed by atoms with Gasteiger partial charge < -0.3 is 20.0 Å². The molecule has 0 aliphatic carbocycles. The number of likely N-dealkylation sites (tertiary alicyclic amines) is 1. The number of rotatable bonds is 4. The van der Waals surface area contributed by atoms with Gasteiger partial charge in [-0.1, -0.05) is 24.3 Å². The number of halogens is 1. The van der Waals surface area contributed by atoms with Crippen molar-refractivity contribution >= 4 is 11.6 Å². The third-order valence-corrected chi connectivity index (χ3v) is 6.76. The second-order valence-corrected chi connectivity index (χ2v) is 9.04. The Bertz CT molecular complexity index is 948. The number of carbonyl (C=O) groups excluding carboxylic acids is 1. The number of benzene rings is 2. The largest absolute Gasteiger partial charge is 0.387 e. The van der Waals surface area contributed by atoms with Gasteiger partial charge in [-0.15, -0.1) is 0 Å². The van der Waals surface area contributed by atoms with Crippen molar-refractivity contribution in [3.8, 4) is 0 Å². The molecule has 1 fully saturated rings. The van der Waals surface area contributed by atoms with E-state index in [2.05, 4.69) is 4.90 Å². The molecule has 2 N–H and O–H groups in total. The lowest BCUT2D eigenvalue weighted by molar-refractivity contribution is -0.116. The number of anilines is 1. The van der Waals surface area contributed by atoms with E-state index in [4.69, 9.17) is 0 Å². The smallest absolute Gasteiger partial charge is 0.224 e. The average Bonchev–Trinajstić information content (AvgIpc) is 2.95. The predicted molar refractivity (Wildman–Crippen MR) is 118 cm³/mol. The molecule has 1 saturated heterocycles. The minimum atomic E-state index is -0.965. The number of hydrogen-bond donors (Lipinski definition) is 2. The monoisotopic (exact) mass is 426 g/mol. The zero-order valence-electron chi connectivity index (χ0n) is 18.2. The Balaban J connectivity index is 1.42. The van der Waals surface area contributed by atoms with Gasteiger partial charge in [0.25, 0.3) is 0 Å². The van der Waals surface area contributed by atoms with E-state index in [0.29, 0.717) is 25.9 Å². The molecular formula is C25H31FN2O3. The molecule has 0 saturated carbocycles. The van der Waals surface area contributed by atoms with Crippen LogP contribution < -0.4 is 4.90 Å². The lowest BCUT2D eigenvalue weighted by atomic mass is 9.87. The van der Waals surface area contributed by atoms with Gasteiger partial charge in [0.1, 0.15) is 5.82 Å². The highest BCUT2D eigenvalue weighted by molar-refractivity contribution is 5.94. The molecule has 31 heavy (non-hydrogen) atoms. The Morgan fingerprint density at radius 3 is 2.65 bits per heavy atom. The van der Waals surface area contributed by atoms with Crippen LogP contribution in [-0.4, -0.2) is 46.7 Å². The molecule has 2 aliphatic heterocycles. The van der Waals surface area contributed by atoms with Crippen molar-refractivity contribution in [2.24, 2.45) is 0 Å². The highest BCUT2D eigenvalue weighted by atomic mass is 19.1. The SMILES string of the molecule is CC(=O)N1c2ccc(C(O)CN3CCCC(O)(c4ccc(F)cc4)CC3)cc2CC1C. The zero-order chi connectivity index (χ0) is 22.2. The van der Waals surface area contributed by atoms with Gasteiger partial charge in [-0.05, 0) is 74.0 Å². The summed E-state index contributed by atoms with van der Waals surface area (Å²) >= 11 is 0. The molecule has 0 radical (unpaired) electrons. The van der Waals surface area contributed by atoms with Crippen molar-refractivity contribution < 1.29 is 19.4 Å². The van der Waals surface area contributed by atoms with Gasteiger partial charge in [0.15, 0.2) is 0 Å². The lowest BCUT2D eigenvalue weighted by Gasteiger charge is -2.28. The van der Waals surface area contributed by atoms with Crippen LogP contribution in [0.25, 0.3) is 0 Å². The highest BCUT2D eigenvalue weighted by Gasteiger charge is 2.33. The Kier molecular flexibility index (Phi) is 6.15. The van der Waals surface area contributed by atoms with E-state index in [1.807, 2.05) is 30.0 Å². The Labute approximate surface area is 183 Å². The number of hydrogen-bond acceptors (Lipinski definition) is 4. The summed E-state index contributed by atoms with van der Waals surface area (Å²) in [4.78, 5) is 15.9. The first-order chi connectivity index (χ1) is 14.8. The normalized spacial score (nSPS) is 25.2. The fourth-order valence-electron chi connectivity index (χ4n) is 5.09. The minimum Gasteiger partial charge on any atom is -0.387 e. The van der Waals surface area contributed by atoms with Crippen LogP contribution in [0.15, 0.2) is 42.5 Å². The van der Waals surface area contributed by atoms with E-state index in [1.54, 1.807) is 19.1 Å². The van der Waals surface area contributed by atoms with Gasteiger partial charge in [-0.2, -0.15) is 0 Å². The van der Waals surface area contributed by atoms with Crippen molar-refractivity contribution in [2.45, 2.75) is 57.3 Å². The first kappa shape index (κ1) is 21.9. The van der Waals surface area contributed by atoms with E-state index in [-0.39, 0.29) is 17.8 Å². The molecule has 2 heterocycles. The van der Waals surface area contributed by atoms with Crippen LogP contribution in [0.3, 0.4) is 0 Å². The van der Waals surface area contributed by atoms with Crippen LogP contribution in [0.5, 0.6) is 0 Å². The average molecular weight is 427 g/mol. The summed E-state index contributed by atoms with van der Waals surface area (Å²) in [7, 11) is 0. The highest BCUT2D eigenvalue weighted by Crippen LogP contribution is 2.35. The van der Waals surface area contributed by atoms with Gasteiger partial charge >= 0.3 is 0 Å². The first-order valence-corrected chi connectivity index (χ1v) is 11.1. The molecule has 5 nitrogen and oxygen atoms in total. The Morgan fingerprint density at radius 1 is 1.19 bits per heavy atom. The van der Waals surface area contributed by atoms with Crippen molar-refractivity contribution in [1.29, 1.82) is 0 Å². The molecular weight excluding hydrogens is 395 g/mol. The number of aliphatic hydroxyl groups is 2. The number of β-amino-alcohol motifs (C(OH)–C–C–N with tert-alkyl or cyclic N) is 1. The molecule has 3 atom stereocenters. The van der Waals surface area contributed by atoms with Crippen molar-refractivity contribution in [2.75, 3.05) is 24.5 Å². The molecule has 6 heteroatoms. The maximum absolute atomic E-state index is 13.3. The van der Waals surface area contributed by atoms with E-state index < -0.39 is 11.7 Å². The maximum atomic E-state index is 13.3. The third-order valence-electron chi connectivity index (χ3n) is 6.76. The van der Waals surface area contributed by atoms with E-state index in [1.165, 1.54) is 12.1 Å². The molecule has 0 spiro atoms. The molecule has 0 aromatic heterocycles. The number of amides is 1. The summed E-state index contributed by atoms with van der Waals surface area (Å²) in [5.74, 6) is -0.265. The quantitative estimate of drug-likeness (QED) is 0.785. The molecule has 2 aromatic rings. The summed E-state index contributed by atoms with van der Waals surface area (Å²) in [6, 6.07) is 12.1. The molecule has 4 rings (SSSR count). The predicted octanol–water partition coefficient (Wildman–Crippen LogP) is 3.53. The molecule has 1 amide bonds. The van der Waals surface area contributed by atoms with E-state index in [0.717, 1.165) is 41.8 Å². The van der Waals surface area contributed by atoms with Crippen LogP contribution >= 0.6 is 0 Å². The van der Waals surface area contributed by atoms with Crippen molar-refractivity contribution in [3.05, 3.63) is 65.0 Å². The van der Waals surface area contributed by atoms with Crippen LogP contribution in [0.2, 0.25) is 0 Å². The fourth-order valence-corrected chi connectivity index (χ4v) is 5.09. The standard InChI is InChI=1S/C25H31FN2O3/c1-17-14-20-15-19(4-9-23(20)28(17)18(2)29)24(30)16-27-12-3-10-25(31,11-13-27)21-5-7-22(26)8-6-21/h4-9,15,17,24,30-31H,3,10-14,16H2,1-2H3. The van der Waals surface area contributed by atoms with Gasteiger partial charge in [-0.25, -0.2) is 4.39 Å². The van der Waals surface area contributed by atoms with E-state index >= 15 is 0 Å². The lowest BCUT2D eigenvalue weighted by Crippen LogP contribution is -2.33. The van der Waals surface area contributed by atoms with Gasteiger partial charge in [0.2, 0.25) is 5.91 Å². The zero-order valence-corrected chi connectivity index (χ0v) is 18.2. The number of fused-ring (bicyclic) bond motifs is 1. The minimum absolute atomic E-state index is 0.0396. The third kappa shape index (κ3) is 4.52. The van der Waals surface area contributed by atoms with E-state index in [9.17, 15) is 19.4 Å². The summed E-state index contributed by atoms with van der Waals surface area (Å²) in [5.41, 5.74) is 2.68. The van der Waals surface area contributed by atoms with Gasteiger partial charge in [0, 0.05) is 31.7 Å². The Morgan fingerprint density at radius 2 is 1.94 bits per heavy atom. The second-order valence-electron chi connectivity index (χ2n) is 9.04.